The zero-order valence-electron chi connectivity index (χ0n) is 16.3. The third kappa shape index (κ3) is 5.90. The van der Waals surface area contributed by atoms with Gasteiger partial charge in [-0.25, -0.2) is 9.78 Å². The van der Waals surface area contributed by atoms with Gasteiger partial charge in [-0.3, -0.25) is 4.79 Å². The summed E-state index contributed by atoms with van der Waals surface area (Å²) in [4.78, 5) is 28.6. The molecule has 1 aromatic heterocycles. The van der Waals surface area contributed by atoms with Crippen LogP contribution in [0.3, 0.4) is 0 Å². The van der Waals surface area contributed by atoms with Crippen LogP contribution in [-0.2, 0) is 9.53 Å². The van der Waals surface area contributed by atoms with Gasteiger partial charge in [-0.05, 0) is 38.1 Å². The maximum absolute atomic E-state index is 12.6. The normalized spacial score (nSPS) is 10.4. The van der Waals surface area contributed by atoms with Gasteiger partial charge in [-0.2, -0.15) is 0 Å². The van der Waals surface area contributed by atoms with Crippen LogP contribution in [0, 0.1) is 0 Å². The van der Waals surface area contributed by atoms with E-state index in [1.165, 1.54) is 0 Å². The number of carbonyl (C=O) groups is 2. The fourth-order valence-electron chi connectivity index (χ4n) is 2.63. The fourth-order valence-corrected chi connectivity index (χ4v) is 2.63. The number of pyridine rings is 1. The number of esters is 1. The number of hydrogen-bond acceptors (Lipinski definition) is 5. The van der Waals surface area contributed by atoms with Crippen molar-refractivity contribution in [1.29, 1.82) is 0 Å². The summed E-state index contributed by atoms with van der Waals surface area (Å²) in [5.41, 5.74) is 2.50. The Morgan fingerprint density at radius 3 is 2.48 bits per heavy atom. The predicted molar refractivity (Wildman–Crippen MR) is 111 cm³/mol. The summed E-state index contributed by atoms with van der Waals surface area (Å²) in [5.74, 6) is -0.329. The van der Waals surface area contributed by atoms with E-state index < -0.39 is 5.97 Å². The SMILES string of the molecule is CC(C)OC(=O)COc1cccc(NC(=O)c2cccc(-c3ccccc3)n2)c1. The minimum atomic E-state index is -0.448. The Morgan fingerprint density at radius 2 is 1.72 bits per heavy atom. The molecule has 0 bridgehead atoms. The Morgan fingerprint density at radius 1 is 0.966 bits per heavy atom. The average Bonchev–Trinajstić information content (AvgIpc) is 2.73. The zero-order chi connectivity index (χ0) is 20.6. The van der Waals surface area contributed by atoms with Gasteiger partial charge in [0, 0.05) is 17.3 Å². The summed E-state index contributed by atoms with van der Waals surface area (Å²) in [6.07, 6.45) is -0.198. The molecule has 0 radical (unpaired) electrons. The molecule has 29 heavy (non-hydrogen) atoms. The van der Waals surface area contributed by atoms with Crippen molar-refractivity contribution in [2.24, 2.45) is 0 Å². The Bertz CT molecular complexity index is 987. The van der Waals surface area contributed by atoms with E-state index in [0.29, 0.717) is 17.1 Å². The number of nitrogens with zero attached hydrogens (tertiary/aromatic N) is 1. The van der Waals surface area contributed by atoms with Crippen molar-refractivity contribution in [2.75, 3.05) is 11.9 Å². The molecule has 0 fully saturated rings. The molecule has 1 heterocycles. The van der Waals surface area contributed by atoms with Crippen molar-refractivity contribution < 1.29 is 19.1 Å². The summed E-state index contributed by atoms with van der Waals surface area (Å²) in [7, 11) is 0. The molecular weight excluding hydrogens is 368 g/mol. The molecule has 1 N–H and O–H groups in total. The molecule has 0 atom stereocenters. The van der Waals surface area contributed by atoms with E-state index >= 15 is 0 Å². The topological polar surface area (TPSA) is 77.5 Å². The van der Waals surface area contributed by atoms with Gasteiger partial charge in [-0.1, -0.05) is 42.5 Å². The smallest absolute Gasteiger partial charge is 0.344 e. The molecule has 0 saturated carbocycles. The Kier molecular flexibility index (Phi) is 6.58. The molecule has 0 aliphatic heterocycles. The number of carbonyl (C=O) groups excluding carboxylic acids is 2. The van der Waals surface area contributed by atoms with Crippen molar-refractivity contribution >= 4 is 17.6 Å². The van der Waals surface area contributed by atoms with E-state index in [1.54, 1.807) is 50.2 Å². The zero-order valence-corrected chi connectivity index (χ0v) is 16.3. The summed E-state index contributed by atoms with van der Waals surface area (Å²) in [6.45, 7) is 3.35. The highest BCUT2D eigenvalue weighted by Gasteiger charge is 2.11. The van der Waals surface area contributed by atoms with E-state index in [4.69, 9.17) is 9.47 Å². The quantitative estimate of drug-likeness (QED) is 0.608. The number of nitrogens with one attached hydrogen (secondary N) is 1. The van der Waals surface area contributed by atoms with Gasteiger partial charge in [0.15, 0.2) is 6.61 Å². The van der Waals surface area contributed by atoms with Crippen LogP contribution in [0.25, 0.3) is 11.3 Å². The number of amides is 1. The Labute approximate surface area is 169 Å². The van der Waals surface area contributed by atoms with Crippen LogP contribution in [0.1, 0.15) is 24.3 Å². The van der Waals surface area contributed by atoms with Gasteiger partial charge in [0.2, 0.25) is 0 Å². The van der Waals surface area contributed by atoms with Crippen LogP contribution in [0.15, 0.2) is 72.8 Å². The van der Waals surface area contributed by atoms with E-state index in [2.05, 4.69) is 10.3 Å². The van der Waals surface area contributed by atoms with Gasteiger partial charge in [0.1, 0.15) is 11.4 Å². The molecule has 0 unspecified atom stereocenters. The lowest BCUT2D eigenvalue weighted by molar-refractivity contribution is -0.149. The molecule has 6 nitrogen and oxygen atoms in total. The van der Waals surface area contributed by atoms with Crippen molar-refractivity contribution in [1.82, 2.24) is 4.98 Å². The van der Waals surface area contributed by atoms with Gasteiger partial charge in [0.05, 0.1) is 11.8 Å². The number of ether oxygens (including phenoxy) is 2. The Balaban J connectivity index is 1.66. The summed E-state index contributed by atoms with van der Waals surface area (Å²) < 4.78 is 10.5. The van der Waals surface area contributed by atoms with Gasteiger partial charge < -0.3 is 14.8 Å². The highest BCUT2D eigenvalue weighted by Crippen LogP contribution is 2.20. The van der Waals surface area contributed by atoms with Crippen LogP contribution in [0.2, 0.25) is 0 Å². The largest absolute Gasteiger partial charge is 0.482 e. The first kappa shape index (κ1) is 20.1. The standard InChI is InChI=1S/C23H22N2O4/c1-16(2)29-22(26)15-28-19-11-6-10-18(14-19)24-23(27)21-13-7-12-20(25-21)17-8-4-3-5-9-17/h3-14,16H,15H2,1-2H3,(H,24,27). The molecular formula is C23H22N2O4. The van der Waals surface area contributed by atoms with Crippen molar-refractivity contribution in [2.45, 2.75) is 20.0 Å². The minimum Gasteiger partial charge on any atom is -0.482 e. The second-order valence-electron chi connectivity index (χ2n) is 6.58. The molecule has 3 aromatic rings. The number of hydrogen-bond donors (Lipinski definition) is 1. The molecule has 3 rings (SSSR count). The van der Waals surface area contributed by atoms with Gasteiger partial charge >= 0.3 is 5.97 Å². The van der Waals surface area contributed by atoms with Crippen LogP contribution < -0.4 is 10.1 Å². The number of rotatable bonds is 7. The molecule has 148 valence electrons. The Hall–Kier alpha value is -3.67. The van der Waals surface area contributed by atoms with E-state index in [-0.39, 0.29) is 18.6 Å². The van der Waals surface area contributed by atoms with E-state index in [0.717, 1.165) is 11.3 Å². The second-order valence-corrected chi connectivity index (χ2v) is 6.58. The molecule has 0 spiro atoms. The number of aromatic nitrogens is 1. The van der Waals surface area contributed by atoms with Gasteiger partial charge in [-0.15, -0.1) is 0 Å². The molecule has 0 aliphatic carbocycles. The van der Waals surface area contributed by atoms with Crippen molar-refractivity contribution in [3.63, 3.8) is 0 Å². The first-order valence-electron chi connectivity index (χ1n) is 9.27. The minimum absolute atomic E-state index is 0.198. The van der Waals surface area contributed by atoms with E-state index in [1.807, 2.05) is 36.4 Å². The van der Waals surface area contributed by atoms with Crippen molar-refractivity contribution in [3.8, 4) is 17.0 Å². The first-order valence-corrected chi connectivity index (χ1v) is 9.27. The average molecular weight is 390 g/mol. The van der Waals surface area contributed by atoms with E-state index in [9.17, 15) is 9.59 Å². The summed E-state index contributed by atoms with van der Waals surface area (Å²) >= 11 is 0. The lowest BCUT2D eigenvalue weighted by Gasteiger charge is -2.11. The maximum atomic E-state index is 12.6. The van der Waals surface area contributed by atoms with Crippen molar-refractivity contribution in [3.05, 3.63) is 78.5 Å². The molecule has 0 saturated heterocycles. The second kappa shape index (κ2) is 9.50. The molecule has 2 aromatic carbocycles. The lowest BCUT2D eigenvalue weighted by Crippen LogP contribution is -2.18. The third-order valence-corrected chi connectivity index (χ3v) is 3.87. The fraction of sp³-hybridized carbons (Fsp3) is 0.174. The lowest BCUT2D eigenvalue weighted by atomic mass is 10.1. The van der Waals surface area contributed by atoms with Gasteiger partial charge in [0.25, 0.3) is 5.91 Å². The van der Waals surface area contributed by atoms with Crippen LogP contribution >= 0.6 is 0 Å². The molecule has 1 amide bonds. The highest BCUT2D eigenvalue weighted by atomic mass is 16.6. The maximum Gasteiger partial charge on any atom is 0.344 e. The van der Waals surface area contributed by atoms with Crippen LogP contribution in [-0.4, -0.2) is 29.6 Å². The number of benzene rings is 2. The highest BCUT2D eigenvalue weighted by molar-refractivity contribution is 6.03. The summed E-state index contributed by atoms with van der Waals surface area (Å²) in [6, 6.07) is 21.8. The monoisotopic (exact) mass is 390 g/mol. The molecule has 0 aliphatic rings. The molecule has 6 heteroatoms. The third-order valence-electron chi connectivity index (χ3n) is 3.87. The van der Waals surface area contributed by atoms with Crippen LogP contribution in [0.5, 0.6) is 5.75 Å². The van der Waals surface area contributed by atoms with Crippen LogP contribution in [0.4, 0.5) is 5.69 Å². The predicted octanol–water partition coefficient (Wildman–Crippen LogP) is 4.33. The summed E-state index contributed by atoms with van der Waals surface area (Å²) in [5, 5.41) is 2.80. The first-order chi connectivity index (χ1) is 14.0. The number of anilines is 1.